The molecule has 1 heterocycles. The van der Waals surface area contributed by atoms with Gasteiger partial charge in [0.05, 0.1) is 12.2 Å². The van der Waals surface area contributed by atoms with Crippen LogP contribution in [0.3, 0.4) is 0 Å². The molecule has 0 spiro atoms. The van der Waals surface area contributed by atoms with E-state index >= 15 is 0 Å². The molecule has 0 saturated carbocycles. The molecule has 2 aromatic rings. The van der Waals surface area contributed by atoms with Gasteiger partial charge < -0.3 is 5.11 Å². The molecule has 1 aromatic carbocycles. The molecule has 7 nitrogen and oxygen atoms in total. The molecule has 8 heteroatoms. The number of hydrogen-bond acceptors (Lipinski definition) is 6. The van der Waals surface area contributed by atoms with Crippen LogP contribution in [-0.2, 0) is 11.2 Å². The molecule has 0 saturated heterocycles. The van der Waals surface area contributed by atoms with E-state index in [1.807, 2.05) is 19.1 Å². The molecule has 0 aliphatic carbocycles. The Morgan fingerprint density at radius 1 is 1.22 bits per heavy atom. The van der Waals surface area contributed by atoms with Crippen molar-refractivity contribution in [1.82, 2.24) is 15.2 Å². The Bertz CT molecular complexity index is 771. The van der Waals surface area contributed by atoms with Crippen molar-refractivity contribution in [2.24, 2.45) is 0 Å². The third-order valence-corrected chi connectivity index (χ3v) is 3.90. The van der Waals surface area contributed by atoms with Crippen molar-refractivity contribution < 1.29 is 14.7 Å². The van der Waals surface area contributed by atoms with Gasteiger partial charge in [0.1, 0.15) is 5.69 Å². The van der Waals surface area contributed by atoms with Gasteiger partial charge in [0.25, 0.3) is 5.56 Å². The van der Waals surface area contributed by atoms with E-state index in [0.29, 0.717) is 5.56 Å². The molecular formula is C15H15N3O4S. The van der Waals surface area contributed by atoms with Gasteiger partial charge in [0, 0.05) is 12.0 Å². The highest BCUT2D eigenvalue weighted by atomic mass is 32.2. The summed E-state index contributed by atoms with van der Waals surface area (Å²) < 4.78 is 0. The summed E-state index contributed by atoms with van der Waals surface area (Å²) in [5, 5.41) is 16.4. The summed E-state index contributed by atoms with van der Waals surface area (Å²) in [7, 11) is 0. The van der Waals surface area contributed by atoms with Gasteiger partial charge in [0.2, 0.25) is 0 Å². The van der Waals surface area contributed by atoms with Gasteiger partial charge in [-0.25, -0.2) is 0 Å². The summed E-state index contributed by atoms with van der Waals surface area (Å²) in [5.41, 5.74) is 1.26. The van der Waals surface area contributed by atoms with Crippen LogP contribution >= 0.6 is 11.8 Å². The normalized spacial score (nSPS) is 10.5. The van der Waals surface area contributed by atoms with E-state index in [9.17, 15) is 14.4 Å². The number of benzene rings is 1. The van der Waals surface area contributed by atoms with Crippen molar-refractivity contribution >= 4 is 23.5 Å². The van der Waals surface area contributed by atoms with E-state index in [4.69, 9.17) is 5.11 Å². The van der Waals surface area contributed by atoms with Crippen LogP contribution in [0.1, 0.15) is 28.0 Å². The third kappa shape index (κ3) is 5.03. The first-order chi connectivity index (χ1) is 11.0. The number of Topliss-reactive ketones (excluding diaryl/α,β-unsaturated/α-hetero) is 1. The topological polar surface area (TPSA) is 113 Å². The van der Waals surface area contributed by atoms with Crippen LogP contribution in [0.2, 0.25) is 0 Å². The number of aromatic nitrogens is 3. The maximum atomic E-state index is 12.0. The average molecular weight is 333 g/mol. The number of nitrogens with one attached hydrogen (secondary N) is 1. The van der Waals surface area contributed by atoms with Crippen LogP contribution < -0.4 is 5.56 Å². The molecule has 2 N–H and O–H groups in total. The highest BCUT2D eigenvalue weighted by Crippen LogP contribution is 2.13. The number of carboxylic acid groups (broad SMARTS) is 1. The molecule has 0 radical (unpaired) electrons. The predicted molar refractivity (Wildman–Crippen MR) is 84.8 cm³/mol. The van der Waals surface area contributed by atoms with Gasteiger partial charge in [-0.2, -0.15) is 0 Å². The number of aromatic amines is 1. The summed E-state index contributed by atoms with van der Waals surface area (Å²) in [5.74, 6) is -0.955. The number of rotatable bonds is 7. The zero-order valence-corrected chi connectivity index (χ0v) is 13.2. The van der Waals surface area contributed by atoms with Crippen molar-refractivity contribution in [3.8, 4) is 0 Å². The maximum absolute atomic E-state index is 12.0. The molecule has 1 aromatic heterocycles. The Balaban J connectivity index is 1.96. The second-order valence-corrected chi connectivity index (χ2v) is 5.84. The minimum Gasteiger partial charge on any atom is -0.481 e. The second-order valence-electron chi connectivity index (χ2n) is 4.88. The molecular weight excluding hydrogens is 318 g/mol. The number of aryl methyl sites for hydroxylation is 2. The van der Waals surface area contributed by atoms with Crippen LogP contribution in [-0.4, -0.2) is 37.8 Å². The van der Waals surface area contributed by atoms with Gasteiger partial charge >= 0.3 is 5.97 Å². The average Bonchev–Trinajstić information content (AvgIpc) is 2.52. The first kappa shape index (κ1) is 16.9. The predicted octanol–water partition coefficient (Wildman–Crippen LogP) is 1.47. The lowest BCUT2D eigenvalue weighted by Gasteiger charge is -2.02. The van der Waals surface area contributed by atoms with Crippen LogP contribution in [0.25, 0.3) is 0 Å². The number of carbonyl (C=O) groups is 2. The lowest BCUT2D eigenvalue weighted by atomic mass is 10.1. The quantitative estimate of drug-likeness (QED) is 0.582. The standard InChI is InChI=1S/C15H15N3O4S/c1-9-2-4-10(5-3-9)12(19)8-23-15-16-14(22)11(17-18-15)6-7-13(20)21/h2-5H,6-8H2,1H3,(H,20,21)(H,16,18,22). The summed E-state index contributed by atoms with van der Waals surface area (Å²) in [4.78, 5) is 36.8. The molecule has 120 valence electrons. The number of aliphatic carboxylic acids is 1. The van der Waals surface area contributed by atoms with Crippen molar-refractivity contribution in [3.05, 3.63) is 51.4 Å². The lowest BCUT2D eigenvalue weighted by molar-refractivity contribution is -0.136. The number of H-pyrrole nitrogens is 1. The molecule has 0 atom stereocenters. The number of carboxylic acids is 1. The molecule has 0 aliphatic rings. The van der Waals surface area contributed by atoms with E-state index in [1.165, 1.54) is 0 Å². The van der Waals surface area contributed by atoms with Crippen LogP contribution in [0.15, 0.2) is 34.2 Å². The van der Waals surface area contributed by atoms with Crippen molar-refractivity contribution in [1.29, 1.82) is 0 Å². The largest absolute Gasteiger partial charge is 0.481 e. The number of thioether (sulfide) groups is 1. The molecule has 0 unspecified atom stereocenters. The number of nitrogens with zero attached hydrogens (tertiary/aromatic N) is 2. The van der Waals surface area contributed by atoms with Gasteiger partial charge in [-0.3, -0.25) is 19.4 Å². The first-order valence-corrected chi connectivity index (χ1v) is 7.84. The van der Waals surface area contributed by atoms with E-state index in [-0.39, 0.29) is 35.2 Å². The molecule has 23 heavy (non-hydrogen) atoms. The number of hydrogen-bond donors (Lipinski definition) is 2. The summed E-state index contributed by atoms with van der Waals surface area (Å²) in [6, 6.07) is 7.22. The van der Waals surface area contributed by atoms with Crippen LogP contribution in [0, 0.1) is 6.92 Å². The first-order valence-electron chi connectivity index (χ1n) is 6.86. The highest BCUT2D eigenvalue weighted by molar-refractivity contribution is 7.99. The van der Waals surface area contributed by atoms with Gasteiger partial charge in [-0.15, -0.1) is 10.2 Å². The fourth-order valence-electron chi connectivity index (χ4n) is 1.76. The summed E-state index contributed by atoms with van der Waals surface area (Å²) >= 11 is 1.08. The second kappa shape index (κ2) is 7.68. The smallest absolute Gasteiger partial charge is 0.303 e. The van der Waals surface area contributed by atoms with E-state index in [1.54, 1.807) is 12.1 Å². The SMILES string of the molecule is Cc1ccc(C(=O)CSc2nnc(CCC(=O)O)c(=O)[nH]2)cc1. The highest BCUT2D eigenvalue weighted by Gasteiger charge is 2.10. The Kier molecular flexibility index (Phi) is 5.64. The Morgan fingerprint density at radius 3 is 2.52 bits per heavy atom. The van der Waals surface area contributed by atoms with Gasteiger partial charge in [0.15, 0.2) is 10.9 Å². The van der Waals surface area contributed by atoms with Crippen molar-refractivity contribution in [3.63, 3.8) is 0 Å². The third-order valence-electron chi connectivity index (χ3n) is 3.03. The van der Waals surface area contributed by atoms with Gasteiger partial charge in [-0.1, -0.05) is 41.6 Å². The summed E-state index contributed by atoms with van der Waals surface area (Å²) in [6.07, 6.45) is -0.166. The zero-order chi connectivity index (χ0) is 16.8. The minimum absolute atomic E-state index is 0.0188. The monoisotopic (exact) mass is 333 g/mol. The van der Waals surface area contributed by atoms with E-state index in [0.717, 1.165) is 17.3 Å². The van der Waals surface area contributed by atoms with Crippen LogP contribution in [0.5, 0.6) is 0 Å². The Labute approximate surface area is 136 Å². The van der Waals surface area contributed by atoms with E-state index < -0.39 is 11.5 Å². The van der Waals surface area contributed by atoms with E-state index in [2.05, 4.69) is 15.2 Å². The maximum Gasteiger partial charge on any atom is 0.303 e. The van der Waals surface area contributed by atoms with Gasteiger partial charge in [-0.05, 0) is 6.92 Å². The van der Waals surface area contributed by atoms with Crippen molar-refractivity contribution in [2.45, 2.75) is 24.9 Å². The molecule has 0 fully saturated rings. The lowest BCUT2D eigenvalue weighted by Crippen LogP contribution is -2.19. The number of ketones is 1. The molecule has 0 amide bonds. The Hall–Kier alpha value is -2.48. The van der Waals surface area contributed by atoms with Crippen LogP contribution in [0.4, 0.5) is 0 Å². The Morgan fingerprint density at radius 2 is 1.91 bits per heavy atom. The summed E-state index contributed by atoms with van der Waals surface area (Å²) in [6.45, 7) is 1.94. The molecule has 0 aliphatic heterocycles. The molecule has 0 bridgehead atoms. The fourth-order valence-corrected chi connectivity index (χ4v) is 2.45. The fraction of sp³-hybridized carbons (Fsp3) is 0.267. The molecule has 2 rings (SSSR count). The zero-order valence-electron chi connectivity index (χ0n) is 12.4. The number of carbonyl (C=O) groups excluding carboxylic acids is 1. The van der Waals surface area contributed by atoms with Crippen molar-refractivity contribution in [2.75, 3.05) is 5.75 Å². The minimum atomic E-state index is -1.01.